The fraction of sp³-hybridized carbons (Fsp3) is 0.579. The Kier molecular flexibility index (Phi) is 5.57. The highest BCUT2D eigenvalue weighted by Crippen LogP contribution is 2.29. The maximum absolute atomic E-state index is 13.0. The Morgan fingerprint density at radius 3 is 2.04 bits per heavy atom. The minimum absolute atomic E-state index is 0.456. The van der Waals surface area contributed by atoms with Crippen LogP contribution in [0.5, 0.6) is 0 Å². The van der Waals surface area contributed by atoms with E-state index in [1.165, 1.54) is 30.6 Å². The molecule has 0 unspecified atom stereocenters. The molecule has 9 heteroatoms. The van der Waals surface area contributed by atoms with Crippen LogP contribution in [0.4, 0.5) is 11.6 Å². The maximum Gasteiger partial charge on any atom is 0.244 e. The van der Waals surface area contributed by atoms with Crippen LogP contribution in [0.2, 0.25) is 0 Å². The van der Waals surface area contributed by atoms with E-state index in [9.17, 15) is 8.42 Å². The number of aryl methyl sites for hydroxylation is 2. The van der Waals surface area contributed by atoms with E-state index in [4.69, 9.17) is 0 Å². The standard InChI is InChI=1S/C19H27N5O2S2/c1-15-12-17(16(2)27-15)28(25,26)24-10-8-23(9-11-24)19-13-18(20-14-21-19)22-6-4-3-5-7-22/h12-14H,3-11H2,1-2H3. The van der Waals surface area contributed by atoms with Gasteiger partial charge >= 0.3 is 0 Å². The molecule has 0 atom stereocenters. The van der Waals surface area contributed by atoms with Crippen molar-refractivity contribution in [3.63, 3.8) is 0 Å². The Hall–Kier alpha value is -1.71. The Labute approximate surface area is 171 Å². The van der Waals surface area contributed by atoms with Gasteiger partial charge in [-0.1, -0.05) is 0 Å². The first kappa shape index (κ1) is 19.6. The second-order valence-electron chi connectivity index (χ2n) is 7.45. The minimum atomic E-state index is -3.43. The van der Waals surface area contributed by atoms with Crippen LogP contribution in [0, 0.1) is 13.8 Å². The Balaban J connectivity index is 1.45. The van der Waals surface area contributed by atoms with E-state index in [0.29, 0.717) is 31.1 Å². The number of thiophene rings is 1. The molecule has 0 spiro atoms. The van der Waals surface area contributed by atoms with Gasteiger partial charge in [0.25, 0.3) is 0 Å². The second-order valence-corrected chi connectivity index (χ2v) is 10.8. The monoisotopic (exact) mass is 421 g/mol. The topological polar surface area (TPSA) is 69.6 Å². The summed E-state index contributed by atoms with van der Waals surface area (Å²) >= 11 is 1.53. The zero-order valence-corrected chi connectivity index (χ0v) is 18.1. The summed E-state index contributed by atoms with van der Waals surface area (Å²) in [6.45, 7) is 8.13. The van der Waals surface area contributed by atoms with Gasteiger partial charge in [-0.05, 0) is 39.2 Å². The first-order chi connectivity index (χ1) is 13.4. The van der Waals surface area contributed by atoms with Gasteiger partial charge in [0.15, 0.2) is 0 Å². The molecule has 0 saturated carbocycles. The van der Waals surface area contributed by atoms with E-state index in [1.807, 2.05) is 19.9 Å². The highest BCUT2D eigenvalue weighted by Gasteiger charge is 2.31. The summed E-state index contributed by atoms with van der Waals surface area (Å²) in [5, 5.41) is 0. The first-order valence-corrected chi connectivity index (χ1v) is 12.1. The number of hydrogen-bond acceptors (Lipinski definition) is 7. The number of hydrogen-bond donors (Lipinski definition) is 0. The van der Waals surface area contributed by atoms with E-state index in [-0.39, 0.29) is 0 Å². The van der Waals surface area contributed by atoms with Crippen molar-refractivity contribution in [3.8, 4) is 0 Å². The van der Waals surface area contributed by atoms with Crippen LogP contribution in [0.3, 0.4) is 0 Å². The molecule has 0 amide bonds. The quantitative estimate of drug-likeness (QED) is 0.756. The van der Waals surface area contributed by atoms with Crippen molar-refractivity contribution in [1.29, 1.82) is 0 Å². The highest BCUT2D eigenvalue weighted by molar-refractivity contribution is 7.89. The molecule has 7 nitrogen and oxygen atoms in total. The molecule has 2 aliphatic rings. The molecule has 0 aromatic carbocycles. The number of anilines is 2. The van der Waals surface area contributed by atoms with Crippen LogP contribution in [0.1, 0.15) is 29.0 Å². The lowest BCUT2D eigenvalue weighted by Crippen LogP contribution is -2.49. The van der Waals surface area contributed by atoms with Gasteiger partial charge in [-0.2, -0.15) is 4.31 Å². The largest absolute Gasteiger partial charge is 0.356 e. The molecule has 0 aliphatic carbocycles. The minimum Gasteiger partial charge on any atom is -0.356 e. The summed E-state index contributed by atoms with van der Waals surface area (Å²) in [7, 11) is -3.43. The molecule has 2 aliphatic heterocycles. The lowest BCUT2D eigenvalue weighted by atomic mass is 10.1. The molecule has 0 N–H and O–H groups in total. The lowest BCUT2D eigenvalue weighted by molar-refractivity contribution is 0.383. The average molecular weight is 422 g/mol. The van der Waals surface area contributed by atoms with Gasteiger partial charge in [0.05, 0.1) is 4.90 Å². The maximum atomic E-state index is 13.0. The molecule has 0 bridgehead atoms. The molecule has 2 fully saturated rings. The number of piperidine rings is 1. The van der Waals surface area contributed by atoms with Crippen LogP contribution in [0.15, 0.2) is 23.4 Å². The highest BCUT2D eigenvalue weighted by atomic mass is 32.2. The summed E-state index contributed by atoms with van der Waals surface area (Å²) in [6, 6.07) is 3.83. The van der Waals surface area contributed by atoms with E-state index in [1.54, 1.807) is 16.7 Å². The molecular weight excluding hydrogens is 394 g/mol. The number of rotatable bonds is 4. The van der Waals surface area contributed by atoms with Crippen molar-refractivity contribution in [2.75, 3.05) is 49.1 Å². The zero-order valence-electron chi connectivity index (χ0n) is 16.5. The van der Waals surface area contributed by atoms with E-state index in [0.717, 1.165) is 34.5 Å². The fourth-order valence-corrected chi connectivity index (χ4v) is 6.91. The van der Waals surface area contributed by atoms with Crippen molar-refractivity contribution in [2.24, 2.45) is 0 Å². The van der Waals surface area contributed by atoms with Crippen LogP contribution in [-0.4, -0.2) is 62.0 Å². The molecule has 0 radical (unpaired) electrons. The first-order valence-electron chi connectivity index (χ1n) is 9.84. The van der Waals surface area contributed by atoms with E-state index >= 15 is 0 Å². The lowest BCUT2D eigenvalue weighted by Gasteiger charge is -2.35. The number of nitrogens with zero attached hydrogens (tertiary/aromatic N) is 5. The van der Waals surface area contributed by atoms with Crippen LogP contribution >= 0.6 is 11.3 Å². The summed E-state index contributed by atoms with van der Waals surface area (Å²) in [5.41, 5.74) is 0. The van der Waals surface area contributed by atoms with Gasteiger partial charge in [-0.15, -0.1) is 11.3 Å². The smallest absolute Gasteiger partial charge is 0.244 e. The molecule has 4 rings (SSSR count). The molecule has 4 heterocycles. The summed E-state index contributed by atoms with van der Waals surface area (Å²) in [6.07, 6.45) is 5.32. The molecule has 152 valence electrons. The normalized spacial score (nSPS) is 19.2. The van der Waals surface area contributed by atoms with Gasteiger partial charge in [-0.25, -0.2) is 18.4 Å². The summed E-state index contributed by atoms with van der Waals surface area (Å²) in [4.78, 5) is 15.7. The van der Waals surface area contributed by atoms with Crippen molar-refractivity contribution < 1.29 is 8.42 Å². The Bertz CT molecular complexity index is 930. The Morgan fingerprint density at radius 1 is 0.857 bits per heavy atom. The number of aromatic nitrogens is 2. The van der Waals surface area contributed by atoms with Gasteiger partial charge < -0.3 is 9.80 Å². The Morgan fingerprint density at radius 2 is 1.46 bits per heavy atom. The third kappa shape index (κ3) is 3.88. The number of piperazine rings is 1. The van der Waals surface area contributed by atoms with E-state index in [2.05, 4.69) is 19.8 Å². The fourth-order valence-electron chi connectivity index (χ4n) is 3.97. The second kappa shape index (κ2) is 7.96. The third-order valence-electron chi connectivity index (χ3n) is 5.49. The summed E-state index contributed by atoms with van der Waals surface area (Å²) < 4.78 is 27.6. The third-order valence-corrected chi connectivity index (χ3v) is 8.61. The van der Waals surface area contributed by atoms with Gasteiger partial charge in [0.2, 0.25) is 10.0 Å². The predicted octanol–water partition coefficient (Wildman–Crippen LogP) is 2.66. The molecule has 2 saturated heterocycles. The number of sulfonamides is 1. The summed E-state index contributed by atoms with van der Waals surface area (Å²) in [5.74, 6) is 1.86. The van der Waals surface area contributed by atoms with Gasteiger partial charge in [-0.3, -0.25) is 0 Å². The van der Waals surface area contributed by atoms with E-state index < -0.39 is 10.0 Å². The van der Waals surface area contributed by atoms with Crippen molar-refractivity contribution in [3.05, 3.63) is 28.2 Å². The molecule has 2 aromatic rings. The van der Waals surface area contributed by atoms with Gasteiger partial charge in [0, 0.05) is 55.1 Å². The average Bonchev–Trinajstić information content (AvgIpc) is 3.08. The molecular formula is C19H27N5O2S2. The zero-order chi connectivity index (χ0) is 19.7. The SMILES string of the molecule is Cc1cc(S(=O)(=O)N2CCN(c3cc(N4CCCCC4)ncn3)CC2)c(C)s1. The van der Waals surface area contributed by atoms with Crippen LogP contribution in [-0.2, 0) is 10.0 Å². The van der Waals surface area contributed by atoms with Gasteiger partial charge in [0.1, 0.15) is 18.0 Å². The predicted molar refractivity (Wildman–Crippen MR) is 113 cm³/mol. The van der Waals surface area contributed by atoms with Crippen molar-refractivity contribution in [1.82, 2.24) is 14.3 Å². The molecule has 2 aromatic heterocycles. The molecule has 28 heavy (non-hydrogen) atoms. The van der Waals surface area contributed by atoms with Crippen LogP contribution < -0.4 is 9.80 Å². The van der Waals surface area contributed by atoms with Crippen molar-refractivity contribution in [2.45, 2.75) is 38.0 Å². The van der Waals surface area contributed by atoms with Crippen molar-refractivity contribution >= 4 is 33.0 Å². The van der Waals surface area contributed by atoms with Crippen LogP contribution in [0.25, 0.3) is 0 Å².